The van der Waals surface area contributed by atoms with E-state index in [0.29, 0.717) is 11.6 Å². The molecule has 1 fully saturated rings. The Labute approximate surface area is 118 Å². The van der Waals surface area contributed by atoms with Crippen LogP contribution in [0.4, 0.5) is 0 Å². The van der Waals surface area contributed by atoms with Crippen molar-refractivity contribution in [2.45, 2.75) is 25.8 Å². The van der Waals surface area contributed by atoms with Crippen molar-refractivity contribution >= 4 is 17.5 Å². The Hall–Kier alpha value is -1.10. The van der Waals surface area contributed by atoms with Crippen LogP contribution >= 0.6 is 11.6 Å². The molecule has 0 aliphatic carbocycles. The molecule has 0 aromatic heterocycles. The van der Waals surface area contributed by atoms with Crippen molar-refractivity contribution in [2.24, 2.45) is 5.92 Å². The Balaban J connectivity index is 2.00. The van der Waals surface area contributed by atoms with Crippen LogP contribution in [0.3, 0.4) is 0 Å². The molecule has 0 spiro atoms. The van der Waals surface area contributed by atoms with E-state index < -0.39 is 0 Å². The SMILES string of the molecule is CCCCNC(=O)C1CNNC1c1ccc(Cl)cc1. The molecule has 4 nitrogen and oxygen atoms in total. The molecule has 1 aromatic carbocycles. The molecular formula is C14H20ClN3O. The summed E-state index contributed by atoms with van der Waals surface area (Å²) in [7, 11) is 0. The molecule has 2 atom stereocenters. The maximum absolute atomic E-state index is 12.2. The summed E-state index contributed by atoms with van der Waals surface area (Å²) in [6.45, 7) is 3.51. The number of benzene rings is 1. The highest BCUT2D eigenvalue weighted by molar-refractivity contribution is 6.30. The summed E-state index contributed by atoms with van der Waals surface area (Å²) >= 11 is 5.89. The van der Waals surface area contributed by atoms with E-state index in [4.69, 9.17) is 11.6 Å². The van der Waals surface area contributed by atoms with E-state index in [1.54, 1.807) is 0 Å². The molecule has 19 heavy (non-hydrogen) atoms. The molecule has 1 aliphatic heterocycles. The second kappa shape index (κ2) is 6.89. The number of hydrogen-bond donors (Lipinski definition) is 3. The maximum atomic E-state index is 12.2. The minimum atomic E-state index is -0.0852. The van der Waals surface area contributed by atoms with Gasteiger partial charge in [-0.05, 0) is 24.1 Å². The van der Waals surface area contributed by atoms with Gasteiger partial charge < -0.3 is 5.32 Å². The Morgan fingerprint density at radius 3 is 2.84 bits per heavy atom. The summed E-state index contributed by atoms with van der Waals surface area (Å²) in [6.07, 6.45) is 2.10. The zero-order valence-electron chi connectivity index (χ0n) is 11.1. The van der Waals surface area contributed by atoms with Crippen LogP contribution in [0.2, 0.25) is 5.02 Å². The first kappa shape index (κ1) is 14.3. The summed E-state index contributed by atoms with van der Waals surface area (Å²) in [5, 5.41) is 3.70. The van der Waals surface area contributed by atoms with Gasteiger partial charge in [-0.3, -0.25) is 10.2 Å². The zero-order chi connectivity index (χ0) is 13.7. The second-order valence-electron chi connectivity index (χ2n) is 4.81. The summed E-state index contributed by atoms with van der Waals surface area (Å²) in [6, 6.07) is 7.61. The van der Waals surface area contributed by atoms with Gasteiger partial charge in [0.25, 0.3) is 0 Å². The largest absolute Gasteiger partial charge is 0.356 e. The van der Waals surface area contributed by atoms with Gasteiger partial charge in [0.05, 0.1) is 12.0 Å². The van der Waals surface area contributed by atoms with Crippen LogP contribution in [0, 0.1) is 5.92 Å². The van der Waals surface area contributed by atoms with E-state index in [-0.39, 0.29) is 17.9 Å². The molecular weight excluding hydrogens is 262 g/mol. The average molecular weight is 282 g/mol. The van der Waals surface area contributed by atoms with Crippen LogP contribution in [-0.2, 0) is 4.79 Å². The third kappa shape index (κ3) is 3.69. The first-order valence-corrected chi connectivity index (χ1v) is 7.11. The van der Waals surface area contributed by atoms with Crippen molar-refractivity contribution in [1.82, 2.24) is 16.2 Å². The normalized spacial score (nSPS) is 22.4. The van der Waals surface area contributed by atoms with Crippen molar-refractivity contribution in [3.63, 3.8) is 0 Å². The van der Waals surface area contributed by atoms with Crippen LogP contribution in [0.5, 0.6) is 0 Å². The van der Waals surface area contributed by atoms with E-state index in [1.807, 2.05) is 24.3 Å². The van der Waals surface area contributed by atoms with Gasteiger partial charge >= 0.3 is 0 Å². The molecule has 2 rings (SSSR count). The van der Waals surface area contributed by atoms with Crippen LogP contribution in [0.25, 0.3) is 0 Å². The molecule has 1 aromatic rings. The zero-order valence-corrected chi connectivity index (χ0v) is 11.8. The van der Waals surface area contributed by atoms with Crippen LogP contribution < -0.4 is 16.2 Å². The van der Waals surface area contributed by atoms with Crippen molar-refractivity contribution in [3.05, 3.63) is 34.9 Å². The molecule has 1 heterocycles. The highest BCUT2D eigenvalue weighted by atomic mass is 35.5. The molecule has 0 saturated carbocycles. The van der Waals surface area contributed by atoms with Gasteiger partial charge in [-0.25, -0.2) is 5.43 Å². The number of carbonyl (C=O) groups excluding carboxylic acids is 1. The lowest BCUT2D eigenvalue weighted by molar-refractivity contribution is -0.124. The minimum absolute atomic E-state index is 0.00102. The third-order valence-electron chi connectivity index (χ3n) is 3.38. The summed E-state index contributed by atoms with van der Waals surface area (Å²) in [5.41, 5.74) is 7.30. The van der Waals surface area contributed by atoms with Crippen LogP contribution in [0.1, 0.15) is 31.4 Å². The van der Waals surface area contributed by atoms with Gasteiger partial charge in [0, 0.05) is 18.1 Å². The standard InChI is InChI=1S/C14H20ClN3O/c1-2-3-8-16-14(19)12-9-17-18-13(12)10-4-6-11(15)7-5-10/h4-7,12-13,17-18H,2-3,8-9H2,1H3,(H,16,19). The highest BCUT2D eigenvalue weighted by Crippen LogP contribution is 2.26. The number of rotatable bonds is 5. The van der Waals surface area contributed by atoms with E-state index in [1.165, 1.54) is 0 Å². The predicted molar refractivity (Wildman–Crippen MR) is 76.7 cm³/mol. The van der Waals surface area contributed by atoms with E-state index in [9.17, 15) is 4.79 Å². The number of nitrogens with one attached hydrogen (secondary N) is 3. The third-order valence-corrected chi connectivity index (χ3v) is 3.63. The van der Waals surface area contributed by atoms with Gasteiger partial charge in [0.1, 0.15) is 0 Å². The van der Waals surface area contributed by atoms with Gasteiger partial charge in [-0.2, -0.15) is 0 Å². The minimum Gasteiger partial charge on any atom is -0.356 e. The van der Waals surface area contributed by atoms with Gasteiger partial charge in [0.2, 0.25) is 5.91 Å². The molecule has 0 bridgehead atoms. The molecule has 1 aliphatic rings. The monoisotopic (exact) mass is 281 g/mol. The Morgan fingerprint density at radius 1 is 1.42 bits per heavy atom. The van der Waals surface area contributed by atoms with E-state index in [2.05, 4.69) is 23.1 Å². The van der Waals surface area contributed by atoms with Gasteiger partial charge in [-0.15, -0.1) is 0 Å². The van der Waals surface area contributed by atoms with E-state index >= 15 is 0 Å². The molecule has 1 amide bonds. The molecule has 2 unspecified atom stereocenters. The van der Waals surface area contributed by atoms with Crippen molar-refractivity contribution in [1.29, 1.82) is 0 Å². The average Bonchev–Trinajstić information content (AvgIpc) is 2.89. The lowest BCUT2D eigenvalue weighted by Gasteiger charge is -2.18. The number of unbranched alkanes of at least 4 members (excludes halogenated alkanes) is 1. The smallest absolute Gasteiger partial charge is 0.226 e. The summed E-state index contributed by atoms with van der Waals surface area (Å²) < 4.78 is 0. The quantitative estimate of drug-likeness (QED) is 0.724. The molecule has 0 radical (unpaired) electrons. The topological polar surface area (TPSA) is 53.2 Å². The first-order valence-electron chi connectivity index (χ1n) is 6.74. The van der Waals surface area contributed by atoms with Crippen molar-refractivity contribution in [2.75, 3.05) is 13.1 Å². The Bertz CT molecular complexity index is 421. The Kier molecular flexibility index (Phi) is 5.19. The fourth-order valence-corrected chi connectivity index (χ4v) is 2.37. The fraction of sp³-hybridized carbons (Fsp3) is 0.500. The lowest BCUT2D eigenvalue weighted by Crippen LogP contribution is -2.35. The van der Waals surface area contributed by atoms with Crippen molar-refractivity contribution < 1.29 is 4.79 Å². The maximum Gasteiger partial charge on any atom is 0.226 e. The molecule has 3 N–H and O–H groups in total. The van der Waals surface area contributed by atoms with Gasteiger partial charge in [-0.1, -0.05) is 37.1 Å². The predicted octanol–water partition coefficient (Wildman–Crippen LogP) is 2.02. The second-order valence-corrected chi connectivity index (χ2v) is 5.24. The Morgan fingerprint density at radius 2 is 2.16 bits per heavy atom. The van der Waals surface area contributed by atoms with Gasteiger partial charge in [0.15, 0.2) is 0 Å². The fourth-order valence-electron chi connectivity index (χ4n) is 2.25. The first-order chi connectivity index (χ1) is 9.22. The number of hydrazine groups is 1. The molecule has 104 valence electrons. The summed E-state index contributed by atoms with van der Waals surface area (Å²) in [4.78, 5) is 12.2. The highest BCUT2D eigenvalue weighted by Gasteiger charge is 2.33. The number of amides is 1. The van der Waals surface area contributed by atoms with Crippen LogP contribution in [0.15, 0.2) is 24.3 Å². The summed E-state index contributed by atoms with van der Waals surface area (Å²) in [5.74, 6) is 0.0175. The molecule has 1 saturated heterocycles. The van der Waals surface area contributed by atoms with Crippen LogP contribution in [-0.4, -0.2) is 19.0 Å². The van der Waals surface area contributed by atoms with E-state index in [0.717, 1.165) is 24.9 Å². The molecule has 5 heteroatoms. The number of carbonyl (C=O) groups is 1. The number of halogens is 1. The van der Waals surface area contributed by atoms with Crippen molar-refractivity contribution in [3.8, 4) is 0 Å². The number of hydrogen-bond acceptors (Lipinski definition) is 3. The lowest BCUT2D eigenvalue weighted by atomic mass is 9.94.